The zero-order valence-corrected chi connectivity index (χ0v) is 14.1. The molecule has 0 fully saturated rings. The van der Waals surface area contributed by atoms with Gasteiger partial charge in [0.2, 0.25) is 5.60 Å². The number of benzene rings is 1. The van der Waals surface area contributed by atoms with Crippen molar-refractivity contribution in [3.8, 4) is 0 Å². The normalized spacial score (nSPS) is 21.7. The number of hydrogen-bond acceptors (Lipinski definition) is 5. The highest BCUT2D eigenvalue weighted by atomic mass is 35.5. The Kier molecular flexibility index (Phi) is 3.68. The molecule has 25 heavy (non-hydrogen) atoms. The average molecular weight is 361 g/mol. The van der Waals surface area contributed by atoms with Crippen molar-refractivity contribution < 1.29 is 14.0 Å². The van der Waals surface area contributed by atoms with Crippen molar-refractivity contribution in [2.45, 2.75) is 32.0 Å². The number of hydrogen-bond donors (Lipinski definition) is 0. The molecule has 0 spiro atoms. The van der Waals surface area contributed by atoms with Crippen LogP contribution in [0.1, 0.15) is 30.2 Å². The highest BCUT2D eigenvalue weighted by molar-refractivity contribution is 6.31. The van der Waals surface area contributed by atoms with Crippen LogP contribution in [0.15, 0.2) is 35.9 Å². The van der Waals surface area contributed by atoms with Crippen LogP contribution in [0.5, 0.6) is 0 Å². The summed E-state index contributed by atoms with van der Waals surface area (Å²) in [4.78, 5) is 28.2. The van der Waals surface area contributed by atoms with E-state index < -0.39 is 11.4 Å². The Morgan fingerprint density at radius 2 is 2.24 bits per heavy atom. The van der Waals surface area contributed by atoms with Gasteiger partial charge in [-0.2, -0.15) is 0 Å². The maximum absolute atomic E-state index is 14.2. The van der Waals surface area contributed by atoms with E-state index in [-0.39, 0.29) is 22.9 Å². The van der Waals surface area contributed by atoms with E-state index in [0.29, 0.717) is 18.8 Å². The van der Waals surface area contributed by atoms with E-state index in [0.717, 1.165) is 11.3 Å². The second-order valence-electron chi connectivity index (χ2n) is 6.29. The summed E-state index contributed by atoms with van der Waals surface area (Å²) in [5.41, 5.74) is 1.18. The fourth-order valence-electron chi connectivity index (χ4n) is 3.10. The molecule has 0 bridgehead atoms. The maximum atomic E-state index is 14.2. The molecule has 1 aromatic heterocycles. The SMILES string of the molecule is CC1(C(=O)N2Cc3cncnc3C2)CC(c2cccc(Cl)c2F)=NO1. The number of halogens is 2. The molecule has 6 nitrogen and oxygen atoms in total. The van der Waals surface area contributed by atoms with Gasteiger partial charge in [0, 0.05) is 30.3 Å². The van der Waals surface area contributed by atoms with Crippen LogP contribution in [0.3, 0.4) is 0 Å². The van der Waals surface area contributed by atoms with Gasteiger partial charge in [-0.3, -0.25) is 4.79 Å². The second-order valence-corrected chi connectivity index (χ2v) is 6.70. The van der Waals surface area contributed by atoms with Gasteiger partial charge in [-0.15, -0.1) is 0 Å². The highest BCUT2D eigenvalue weighted by Gasteiger charge is 2.46. The minimum absolute atomic E-state index is 0.00805. The Morgan fingerprint density at radius 3 is 3.04 bits per heavy atom. The first-order valence-corrected chi connectivity index (χ1v) is 8.12. The van der Waals surface area contributed by atoms with Crippen LogP contribution >= 0.6 is 11.6 Å². The Bertz CT molecular complexity index is 879. The lowest BCUT2D eigenvalue weighted by Crippen LogP contribution is -2.45. The molecular formula is C17H14ClFN4O2. The molecule has 0 aliphatic carbocycles. The van der Waals surface area contributed by atoms with E-state index in [9.17, 15) is 9.18 Å². The minimum atomic E-state index is -1.18. The molecule has 0 radical (unpaired) electrons. The van der Waals surface area contributed by atoms with Gasteiger partial charge in [-0.25, -0.2) is 14.4 Å². The fraction of sp³-hybridized carbons (Fsp3) is 0.294. The summed E-state index contributed by atoms with van der Waals surface area (Å²) in [5.74, 6) is -0.779. The molecule has 1 unspecified atom stereocenters. The lowest BCUT2D eigenvalue weighted by molar-refractivity contribution is -0.153. The Labute approximate surface area is 148 Å². The largest absolute Gasteiger partial charge is 0.379 e. The summed E-state index contributed by atoms with van der Waals surface area (Å²) in [5, 5.41) is 3.95. The van der Waals surface area contributed by atoms with Gasteiger partial charge >= 0.3 is 0 Å². The number of carbonyl (C=O) groups is 1. The summed E-state index contributed by atoms with van der Waals surface area (Å²) < 4.78 is 14.2. The Balaban J connectivity index is 1.53. The minimum Gasteiger partial charge on any atom is -0.379 e. The first-order chi connectivity index (χ1) is 12.0. The van der Waals surface area contributed by atoms with E-state index in [1.807, 2.05) is 0 Å². The molecule has 0 saturated heterocycles. The fourth-order valence-corrected chi connectivity index (χ4v) is 3.28. The molecule has 1 atom stereocenters. The number of rotatable bonds is 2. The predicted octanol–water partition coefficient (Wildman–Crippen LogP) is 2.69. The molecule has 1 aromatic carbocycles. The number of carbonyl (C=O) groups excluding carboxylic acids is 1. The second kappa shape index (κ2) is 5.77. The van der Waals surface area contributed by atoms with Gasteiger partial charge in [0.1, 0.15) is 6.33 Å². The van der Waals surface area contributed by atoms with Gasteiger partial charge < -0.3 is 9.74 Å². The molecule has 3 heterocycles. The van der Waals surface area contributed by atoms with E-state index in [1.165, 1.54) is 12.4 Å². The third-order valence-corrected chi connectivity index (χ3v) is 4.74. The Morgan fingerprint density at radius 1 is 1.40 bits per heavy atom. The monoisotopic (exact) mass is 360 g/mol. The van der Waals surface area contributed by atoms with Crippen molar-refractivity contribution in [3.05, 3.63) is 58.4 Å². The summed E-state index contributed by atoms with van der Waals surface area (Å²) in [6, 6.07) is 4.67. The van der Waals surface area contributed by atoms with Crippen molar-refractivity contribution in [1.29, 1.82) is 0 Å². The maximum Gasteiger partial charge on any atom is 0.270 e. The lowest BCUT2D eigenvalue weighted by atomic mass is 9.94. The van der Waals surface area contributed by atoms with Crippen molar-refractivity contribution in [1.82, 2.24) is 14.9 Å². The standard InChI is InChI=1S/C17H14ClFN4O2/c1-17(16(24)23-7-10-6-20-9-21-14(10)8-23)5-13(22-25-17)11-3-2-4-12(18)15(11)19/h2-4,6,9H,5,7-8H2,1H3. The topological polar surface area (TPSA) is 67.7 Å². The molecule has 2 aliphatic heterocycles. The van der Waals surface area contributed by atoms with Gasteiger partial charge in [0.15, 0.2) is 5.82 Å². The number of aromatic nitrogens is 2. The molecule has 0 N–H and O–H groups in total. The van der Waals surface area contributed by atoms with E-state index in [4.69, 9.17) is 16.4 Å². The molecule has 128 valence electrons. The molecule has 2 aliphatic rings. The molecule has 8 heteroatoms. The summed E-state index contributed by atoms with van der Waals surface area (Å²) in [6.07, 6.45) is 3.34. The smallest absolute Gasteiger partial charge is 0.270 e. The Hall–Kier alpha value is -2.54. The zero-order valence-electron chi connectivity index (χ0n) is 13.4. The van der Waals surface area contributed by atoms with Crippen LogP contribution in [0.2, 0.25) is 5.02 Å². The van der Waals surface area contributed by atoms with E-state index in [2.05, 4.69) is 15.1 Å². The van der Waals surface area contributed by atoms with Crippen molar-refractivity contribution in [3.63, 3.8) is 0 Å². The van der Waals surface area contributed by atoms with Crippen LogP contribution in [-0.4, -0.2) is 32.1 Å². The van der Waals surface area contributed by atoms with Crippen molar-refractivity contribution in [2.75, 3.05) is 0 Å². The van der Waals surface area contributed by atoms with Crippen molar-refractivity contribution >= 4 is 23.2 Å². The van der Waals surface area contributed by atoms with Gasteiger partial charge in [-0.1, -0.05) is 22.8 Å². The third kappa shape index (κ3) is 2.64. The molecule has 1 amide bonds. The predicted molar refractivity (Wildman–Crippen MR) is 88.3 cm³/mol. The average Bonchev–Trinajstić information content (AvgIpc) is 3.21. The zero-order chi connectivity index (χ0) is 17.6. The number of nitrogens with zero attached hydrogens (tertiary/aromatic N) is 4. The van der Waals surface area contributed by atoms with Gasteiger partial charge in [0.05, 0.1) is 23.0 Å². The summed E-state index contributed by atoms with van der Waals surface area (Å²) >= 11 is 5.82. The number of fused-ring (bicyclic) bond motifs is 1. The van der Waals surface area contributed by atoms with E-state index >= 15 is 0 Å². The first-order valence-electron chi connectivity index (χ1n) is 7.74. The van der Waals surface area contributed by atoms with Gasteiger partial charge in [-0.05, 0) is 19.1 Å². The van der Waals surface area contributed by atoms with Crippen LogP contribution < -0.4 is 0 Å². The quantitative estimate of drug-likeness (QED) is 0.825. The molecular weight excluding hydrogens is 347 g/mol. The van der Waals surface area contributed by atoms with Crippen molar-refractivity contribution in [2.24, 2.45) is 5.16 Å². The molecule has 0 saturated carbocycles. The highest BCUT2D eigenvalue weighted by Crippen LogP contribution is 2.33. The van der Waals surface area contributed by atoms with E-state index in [1.54, 1.807) is 30.2 Å². The first kappa shape index (κ1) is 16.0. The van der Waals surface area contributed by atoms with Crippen LogP contribution in [0, 0.1) is 5.82 Å². The number of amides is 1. The van der Waals surface area contributed by atoms with Crippen LogP contribution in [0.25, 0.3) is 0 Å². The summed E-state index contributed by atoms with van der Waals surface area (Å²) in [6.45, 7) is 2.48. The lowest BCUT2D eigenvalue weighted by Gasteiger charge is -2.26. The summed E-state index contributed by atoms with van der Waals surface area (Å²) in [7, 11) is 0. The third-order valence-electron chi connectivity index (χ3n) is 4.45. The molecule has 4 rings (SSSR count). The van der Waals surface area contributed by atoms with Crippen LogP contribution in [-0.2, 0) is 22.7 Å². The van der Waals surface area contributed by atoms with Gasteiger partial charge in [0.25, 0.3) is 5.91 Å². The number of oxime groups is 1. The van der Waals surface area contributed by atoms with Crippen LogP contribution in [0.4, 0.5) is 4.39 Å². The molecule has 2 aromatic rings.